The first-order valence-corrected chi connectivity index (χ1v) is 11.8. The molecule has 6 nitrogen and oxygen atoms in total. The molecule has 0 bridgehead atoms. The first kappa shape index (κ1) is 22.5. The predicted molar refractivity (Wildman–Crippen MR) is 123 cm³/mol. The number of ether oxygens (including phenoxy) is 1. The molecule has 1 saturated heterocycles. The Kier molecular flexibility index (Phi) is 7.22. The molecule has 1 aromatic heterocycles. The standard InChI is InChI=1S/C24H27FN4O2S/c1-17(28-14-6-3-7-15-28)23-26-27-24(29(23)19-12-10-18(25)11-13-19)32-16-21(30)20-8-4-5-9-22(20)31-2/h4-5,8-13,17H,3,6-7,14-16H2,1-2H3. The van der Waals surface area contributed by atoms with Crippen LogP contribution in [0.5, 0.6) is 5.75 Å². The zero-order chi connectivity index (χ0) is 22.5. The van der Waals surface area contributed by atoms with Crippen molar-refractivity contribution >= 4 is 17.5 Å². The molecule has 1 aliphatic rings. The number of carbonyl (C=O) groups is 1. The topological polar surface area (TPSA) is 60.2 Å². The van der Waals surface area contributed by atoms with Gasteiger partial charge in [-0.3, -0.25) is 14.3 Å². The van der Waals surface area contributed by atoms with Crippen molar-refractivity contribution in [1.82, 2.24) is 19.7 Å². The highest BCUT2D eigenvalue weighted by Crippen LogP contribution is 2.30. The number of carbonyl (C=O) groups excluding carboxylic acids is 1. The number of aromatic nitrogens is 3. The van der Waals surface area contributed by atoms with Gasteiger partial charge in [-0.15, -0.1) is 10.2 Å². The van der Waals surface area contributed by atoms with E-state index >= 15 is 0 Å². The first-order chi connectivity index (χ1) is 15.6. The number of halogens is 1. The van der Waals surface area contributed by atoms with E-state index in [9.17, 15) is 9.18 Å². The molecular weight excluding hydrogens is 427 g/mol. The molecule has 0 saturated carbocycles. The summed E-state index contributed by atoms with van der Waals surface area (Å²) in [4.78, 5) is 15.3. The summed E-state index contributed by atoms with van der Waals surface area (Å²) < 4.78 is 20.8. The molecule has 8 heteroatoms. The third kappa shape index (κ3) is 4.86. The van der Waals surface area contributed by atoms with Gasteiger partial charge in [-0.05, 0) is 69.3 Å². The van der Waals surface area contributed by atoms with Gasteiger partial charge in [0.2, 0.25) is 0 Å². The molecule has 1 aliphatic heterocycles. The highest BCUT2D eigenvalue weighted by molar-refractivity contribution is 7.99. The van der Waals surface area contributed by atoms with Crippen molar-refractivity contribution in [3.63, 3.8) is 0 Å². The van der Waals surface area contributed by atoms with Gasteiger partial charge in [0.05, 0.1) is 24.5 Å². The summed E-state index contributed by atoms with van der Waals surface area (Å²) in [6.45, 7) is 4.17. The summed E-state index contributed by atoms with van der Waals surface area (Å²) in [5, 5.41) is 9.52. The lowest BCUT2D eigenvalue weighted by Crippen LogP contribution is -2.33. The van der Waals surface area contributed by atoms with Crippen LogP contribution in [0.25, 0.3) is 5.69 Å². The molecule has 1 fully saturated rings. The van der Waals surface area contributed by atoms with E-state index in [1.165, 1.54) is 43.2 Å². The van der Waals surface area contributed by atoms with E-state index < -0.39 is 0 Å². The molecule has 1 atom stereocenters. The zero-order valence-corrected chi connectivity index (χ0v) is 19.1. The second-order valence-electron chi connectivity index (χ2n) is 7.84. The second kappa shape index (κ2) is 10.3. The van der Waals surface area contributed by atoms with E-state index in [0.717, 1.165) is 24.6 Å². The molecular formula is C24H27FN4O2S. The summed E-state index contributed by atoms with van der Waals surface area (Å²) >= 11 is 1.33. The van der Waals surface area contributed by atoms with Crippen LogP contribution >= 0.6 is 11.8 Å². The minimum Gasteiger partial charge on any atom is -0.496 e. The lowest BCUT2D eigenvalue weighted by Gasteiger charge is -2.31. The maximum Gasteiger partial charge on any atom is 0.196 e. The van der Waals surface area contributed by atoms with Crippen molar-refractivity contribution in [2.24, 2.45) is 0 Å². The number of nitrogens with zero attached hydrogens (tertiary/aromatic N) is 4. The SMILES string of the molecule is COc1ccccc1C(=O)CSc1nnc(C(C)N2CCCCC2)n1-c1ccc(F)cc1. The molecule has 0 radical (unpaired) electrons. The number of piperidine rings is 1. The van der Waals surface area contributed by atoms with Gasteiger partial charge >= 0.3 is 0 Å². The molecule has 1 unspecified atom stereocenters. The molecule has 0 N–H and O–H groups in total. The van der Waals surface area contributed by atoms with Crippen molar-refractivity contribution in [1.29, 1.82) is 0 Å². The van der Waals surface area contributed by atoms with Crippen LogP contribution in [-0.2, 0) is 0 Å². The fraction of sp³-hybridized carbons (Fsp3) is 0.375. The Bertz CT molecular complexity index is 1060. The number of hydrogen-bond acceptors (Lipinski definition) is 6. The van der Waals surface area contributed by atoms with Crippen molar-refractivity contribution < 1.29 is 13.9 Å². The third-order valence-electron chi connectivity index (χ3n) is 5.80. The zero-order valence-electron chi connectivity index (χ0n) is 18.3. The number of benzene rings is 2. The Morgan fingerprint density at radius 2 is 1.81 bits per heavy atom. The van der Waals surface area contributed by atoms with Crippen LogP contribution in [0.2, 0.25) is 0 Å². The number of likely N-dealkylation sites (tertiary alicyclic amines) is 1. The summed E-state index contributed by atoms with van der Waals surface area (Å²) in [6.07, 6.45) is 3.59. The summed E-state index contributed by atoms with van der Waals surface area (Å²) in [5.74, 6) is 1.20. The molecule has 4 rings (SSSR count). The van der Waals surface area contributed by atoms with Crippen LogP contribution in [0.15, 0.2) is 53.7 Å². The Balaban J connectivity index is 1.62. The van der Waals surface area contributed by atoms with Gasteiger partial charge in [0.15, 0.2) is 16.8 Å². The smallest absolute Gasteiger partial charge is 0.196 e. The molecule has 3 aromatic rings. The monoisotopic (exact) mass is 454 g/mol. The Morgan fingerprint density at radius 3 is 2.53 bits per heavy atom. The summed E-state index contributed by atoms with van der Waals surface area (Å²) in [6, 6.07) is 13.6. The maximum atomic E-state index is 13.6. The van der Waals surface area contributed by atoms with Gasteiger partial charge in [0.1, 0.15) is 11.6 Å². The molecule has 0 spiro atoms. The average Bonchev–Trinajstić information content (AvgIpc) is 3.27. The van der Waals surface area contributed by atoms with E-state index in [0.29, 0.717) is 16.5 Å². The van der Waals surface area contributed by atoms with E-state index in [1.807, 2.05) is 16.7 Å². The first-order valence-electron chi connectivity index (χ1n) is 10.8. The highest BCUT2D eigenvalue weighted by atomic mass is 32.2. The maximum absolute atomic E-state index is 13.6. The van der Waals surface area contributed by atoms with Crippen LogP contribution < -0.4 is 4.74 Å². The number of rotatable bonds is 8. The van der Waals surface area contributed by atoms with Gasteiger partial charge in [-0.1, -0.05) is 30.3 Å². The minimum absolute atomic E-state index is 0.0493. The highest BCUT2D eigenvalue weighted by Gasteiger charge is 2.26. The van der Waals surface area contributed by atoms with Gasteiger partial charge in [-0.25, -0.2) is 4.39 Å². The molecule has 0 amide bonds. The Hall–Kier alpha value is -2.71. The van der Waals surface area contributed by atoms with Crippen LogP contribution in [0.1, 0.15) is 48.4 Å². The van der Waals surface area contributed by atoms with E-state index in [4.69, 9.17) is 4.74 Å². The van der Waals surface area contributed by atoms with Crippen molar-refractivity contribution in [2.45, 2.75) is 37.4 Å². The summed E-state index contributed by atoms with van der Waals surface area (Å²) in [5.41, 5.74) is 1.32. The second-order valence-corrected chi connectivity index (χ2v) is 8.78. The lowest BCUT2D eigenvalue weighted by atomic mass is 10.1. The van der Waals surface area contributed by atoms with Crippen molar-refractivity contribution in [3.8, 4) is 11.4 Å². The quantitative estimate of drug-likeness (QED) is 0.355. The Labute approximate surface area is 191 Å². The van der Waals surface area contributed by atoms with Crippen LogP contribution in [0, 0.1) is 5.82 Å². The molecule has 2 aromatic carbocycles. The van der Waals surface area contributed by atoms with Crippen LogP contribution in [0.3, 0.4) is 0 Å². The number of Topliss-reactive ketones (excluding diaryl/α,β-unsaturated/α-hetero) is 1. The summed E-state index contributed by atoms with van der Waals surface area (Å²) in [7, 11) is 1.55. The molecule has 2 heterocycles. The lowest BCUT2D eigenvalue weighted by molar-refractivity contribution is 0.101. The predicted octanol–water partition coefficient (Wildman–Crippen LogP) is 4.94. The van der Waals surface area contributed by atoms with Gasteiger partial charge < -0.3 is 4.74 Å². The van der Waals surface area contributed by atoms with Crippen LogP contribution in [-0.4, -0.2) is 51.4 Å². The number of thioether (sulfide) groups is 1. The van der Waals surface area contributed by atoms with E-state index in [-0.39, 0.29) is 23.4 Å². The normalized spacial score (nSPS) is 15.5. The van der Waals surface area contributed by atoms with Crippen molar-refractivity contribution in [2.75, 3.05) is 26.0 Å². The van der Waals surface area contributed by atoms with Gasteiger partial charge in [0, 0.05) is 5.69 Å². The average molecular weight is 455 g/mol. The third-order valence-corrected chi connectivity index (χ3v) is 6.72. The Morgan fingerprint density at radius 1 is 1.09 bits per heavy atom. The number of hydrogen-bond donors (Lipinski definition) is 0. The molecule has 0 aliphatic carbocycles. The molecule has 168 valence electrons. The van der Waals surface area contributed by atoms with Crippen molar-refractivity contribution in [3.05, 3.63) is 65.7 Å². The van der Waals surface area contributed by atoms with E-state index in [1.54, 1.807) is 31.4 Å². The van der Waals surface area contributed by atoms with Gasteiger partial charge in [0.25, 0.3) is 0 Å². The largest absolute Gasteiger partial charge is 0.496 e. The molecule has 32 heavy (non-hydrogen) atoms. The fourth-order valence-electron chi connectivity index (χ4n) is 4.03. The van der Waals surface area contributed by atoms with E-state index in [2.05, 4.69) is 22.0 Å². The minimum atomic E-state index is -0.298. The number of methoxy groups -OCH3 is 1. The fourth-order valence-corrected chi connectivity index (χ4v) is 4.87. The number of para-hydroxylation sites is 1. The van der Waals surface area contributed by atoms with Gasteiger partial charge in [-0.2, -0.15) is 0 Å². The number of ketones is 1. The van der Waals surface area contributed by atoms with Crippen LogP contribution in [0.4, 0.5) is 4.39 Å².